The highest BCUT2D eigenvalue weighted by Crippen LogP contribution is 2.29. The Kier molecular flexibility index (Phi) is 3.52. The van der Waals surface area contributed by atoms with Gasteiger partial charge in [0, 0.05) is 32.2 Å². The molecule has 0 aromatic carbocycles. The summed E-state index contributed by atoms with van der Waals surface area (Å²) in [7, 11) is 4.18. The summed E-state index contributed by atoms with van der Waals surface area (Å²) >= 11 is 0. The molecule has 18 heavy (non-hydrogen) atoms. The lowest BCUT2D eigenvalue weighted by atomic mass is 10.1. The van der Waals surface area contributed by atoms with E-state index in [0.29, 0.717) is 12.1 Å². The van der Waals surface area contributed by atoms with Gasteiger partial charge in [0.1, 0.15) is 0 Å². The largest absolute Gasteiger partial charge is 0.394 e. The topological polar surface area (TPSA) is 50.3 Å². The van der Waals surface area contributed by atoms with Gasteiger partial charge >= 0.3 is 0 Å². The van der Waals surface area contributed by atoms with Crippen molar-refractivity contribution in [1.82, 2.24) is 14.7 Å². The third kappa shape index (κ3) is 2.07. The van der Waals surface area contributed by atoms with E-state index in [1.54, 1.807) is 0 Å². The first-order valence-electron chi connectivity index (χ1n) is 6.73. The number of likely N-dealkylation sites (N-methyl/N-ethyl adjacent to an activating group) is 1. The van der Waals surface area contributed by atoms with E-state index in [0.717, 1.165) is 36.7 Å². The van der Waals surface area contributed by atoms with Gasteiger partial charge in [-0.3, -0.25) is 9.58 Å². The smallest absolute Gasteiger partial charge is 0.150 e. The second-order valence-corrected chi connectivity index (χ2v) is 5.43. The Morgan fingerprint density at radius 1 is 1.22 bits per heavy atom. The van der Waals surface area contributed by atoms with E-state index in [9.17, 15) is 0 Å². The zero-order chi connectivity index (χ0) is 13.4. The standard InChI is InChI=1S/C13H25N5/c1-6-11-12(14)13(17(5)15-11)18-7-9(2)16(4)10(3)8-18/h9-10H,6-8,14H2,1-5H3. The predicted octanol–water partition coefficient (Wildman–Crippen LogP) is 1.09. The van der Waals surface area contributed by atoms with E-state index in [-0.39, 0.29) is 0 Å². The lowest BCUT2D eigenvalue weighted by Gasteiger charge is -2.43. The molecule has 102 valence electrons. The SMILES string of the molecule is CCc1nn(C)c(N2CC(C)N(C)C(C)C2)c1N. The fraction of sp³-hybridized carbons (Fsp3) is 0.769. The second-order valence-electron chi connectivity index (χ2n) is 5.43. The number of aryl methyl sites for hydroxylation is 2. The summed E-state index contributed by atoms with van der Waals surface area (Å²) in [5.41, 5.74) is 8.09. The molecular weight excluding hydrogens is 226 g/mol. The van der Waals surface area contributed by atoms with Crippen LogP contribution in [-0.2, 0) is 13.5 Å². The normalized spacial score (nSPS) is 25.7. The molecule has 1 fully saturated rings. The zero-order valence-electron chi connectivity index (χ0n) is 12.1. The highest BCUT2D eigenvalue weighted by Gasteiger charge is 2.29. The maximum atomic E-state index is 6.23. The summed E-state index contributed by atoms with van der Waals surface area (Å²) in [4.78, 5) is 4.79. The fourth-order valence-corrected chi connectivity index (χ4v) is 2.80. The molecule has 1 aromatic heterocycles. The predicted molar refractivity (Wildman–Crippen MR) is 75.9 cm³/mol. The highest BCUT2D eigenvalue weighted by molar-refractivity contribution is 5.66. The Balaban J connectivity index is 2.29. The van der Waals surface area contributed by atoms with E-state index >= 15 is 0 Å². The zero-order valence-corrected chi connectivity index (χ0v) is 12.1. The van der Waals surface area contributed by atoms with Crippen LogP contribution in [0, 0.1) is 0 Å². The van der Waals surface area contributed by atoms with Crippen molar-refractivity contribution in [1.29, 1.82) is 0 Å². The second kappa shape index (κ2) is 4.80. The molecule has 2 N–H and O–H groups in total. The van der Waals surface area contributed by atoms with Gasteiger partial charge in [-0.2, -0.15) is 5.10 Å². The van der Waals surface area contributed by atoms with Crippen LogP contribution >= 0.6 is 0 Å². The van der Waals surface area contributed by atoms with Crippen LogP contribution in [0.1, 0.15) is 26.5 Å². The van der Waals surface area contributed by atoms with E-state index in [1.165, 1.54) is 0 Å². The summed E-state index contributed by atoms with van der Waals surface area (Å²) in [5.74, 6) is 1.08. The molecule has 1 aliphatic heterocycles. The molecule has 0 bridgehead atoms. The van der Waals surface area contributed by atoms with Gasteiger partial charge in [0.05, 0.1) is 11.4 Å². The van der Waals surface area contributed by atoms with Crippen LogP contribution in [0.25, 0.3) is 0 Å². The quantitative estimate of drug-likeness (QED) is 0.855. The first-order chi connectivity index (χ1) is 8.45. The highest BCUT2D eigenvalue weighted by atomic mass is 15.4. The number of nitrogens with zero attached hydrogens (tertiary/aromatic N) is 4. The summed E-state index contributed by atoms with van der Waals surface area (Å²) in [5, 5.41) is 4.51. The third-order valence-electron chi connectivity index (χ3n) is 4.12. The molecule has 2 atom stereocenters. The van der Waals surface area contributed by atoms with Crippen molar-refractivity contribution in [3.05, 3.63) is 5.69 Å². The average Bonchev–Trinajstić information content (AvgIpc) is 2.60. The van der Waals surface area contributed by atoms with E-state index in [1.807, 2.05) is 11.7 Å². The summed E-state index contributed by atoms with van der Waals surface area (Å²) in [6, 6.07) is 1.07. The molecule has 2 rings (SSSR count). The molecule has 1 aromatic rings. The molecular formula is C13H25N5. The van der Waals surface area contributed by atoms with Gasteiger partial charge in [0.15, 0.2) is 5.82 Å². The van der Waals surface area contributed by atoms with Crippen LogP contribution in [0.2, 0.25) is 0 Å². The molecule has 2 unspecified atom stereocenters. The van der Waals surface area contributed by atoms with Crippen LogP contribution in [0.4, 0.5) is 11.5 Å². The maximum Gasteiger partial charge on any atom is 0.150 e. The van der Waals surface area contributed by atoms with Gasteiger partial charge < -0.3 is 10.6 Å². The molecule has 2 heterocycles. The Morgan fingerprint density at radius 2 is 1.78 bits per heavy atom. The molecule has 0 aliphatic carbocycles. The summed E-state index contributed by atoms with van der Waals surface area (Å²) in [6.07, 6.45) is 0.887. The lowest BCUT2D eigenvalue weighted by Crippen LogP contribution is -2.55. The third-order valence-corrected chi connectivity index (χ3v) is 4.12. The number of rotatable bonds is 2. The average molecular weight is 251 g/mol. The molecule has 1 saturated heterocycles. The van der Waals surface area contributed by atoms with Crippen molar-refractivity contribution in [3.63, 3.8) is 0 Å². The monoisotopic (exact) mass is 251 g/mol. The number of hydrogen-bond donors (Lipinski definition) is 1. The number of nitrogen functional groups attached to an aromatic ring is 1. The number of piperazine rings is 1. The molecule has 0 spiro atoms. The van der Waals surface area contributed by atoms with Gasteiger partial charge in [-0.05, 0) is 27.3 Å². The van der Waals surface area contributed by atoms with Crippen molar-refractivity contribution < 1.29 is 0 Å². The van der Waals surface area contributed by atoms with Gasteiger partial charge in [-0.1, -0.05) is 6.92 Å². The van der Waals surface area contributed by atoms with Crippen molar-refractivity contribution in [2.75, 3.05) is 30.8 Å². The Hall–Kier alpha value is -1.23. The minimum absolute atomic E-state index is 0.535. The Labute approximate surface area is 110 Å². The van der Waals surface area contributed by atoms with Gasteiger partial charge in [-0.25, -0.2) is 0 Å². The van der Waals surface area contributed by atoms with Crippen molar-refractivity contribution in [3.8, 4) is 0 Å². The lowest BCUT2D eigenvalue weighted by molar-refractivity contribution is 0.169. The molecule has 0 saturated carbocycles. The molecule has 5 heteroatoms. The molecule has 0 radical (unpaired) electrons. The van der Waals surface area contributed by atoms with Crippen LogP contribution in [0.3, 0.4) is 0 Å². The first-order valence-corrected chi connectivity index (χ1v) is 6.73. The van der Waals surface area contributed by atoms with Crippen molar-refractivity contribution >= 4 is 11.5 Å². The van der Waals surface area contributed by atoms with Gasteiger partial charge in [0.2, 0.25) is 0 Å². The first kappa shape index (κ1) is 13.2. The number of hydrogen-bond acceptors (Lipinski definition) is 4. The Morgan fingerprint density at radius 3 is 2.22 bits per heavy atom. The van der Waals surface area contributed by atoms with Gasteiger partial charge in [-0.15, -0.1) is 0 Å². The van der Waals surface area contributed by atoms with Crippen molar-refractivity contribution in [2.45, 2.75) is 39.3 Å². The van der Waals surface area contributed by atoms with E-state index in [2.05, 4.69) is 42.7 Å². The molecule has 5 nitrogen and oxygen atoms in total. The molecule has 0 amide bonds. The van der Waals surface area contributed by atoms with Crippen LogP contribution in [0.5, 0.6) is 0 Å². The minimum atomic E-state index is 0.535. The number of nitrogens with two attached hydrogens (primary N) is 1. The van der Waals surface area contributed by atoms with Crippen LogP contribution in [0.15, 0.2) is 0 Å². The van der Waals surface area contributed by atoms with Gasteiger partial charge in [0.25, 0.3) is 0 Å². The Bertz CT molecular complexity index is 413. The van der Waals surface area contributed by atoms with E-state index < -0.39 is 0 Å². The van der Waals surface area contributed by atoms with Crippen molar-refractivity contribution in [2.24, 2.45) is 7.05 Å². The molecule has 1 aliphatic rings. The number of anilines is 2. The fourth-order valence-electron chi connectivity index (χ4n) is 2.80. The summed E-state index contributed by atoms with van der Waals surface area (Å²) in [6.45, 7) is 8.63. The van der Waals surface area contributed by atoms with E-state index in [4.69, 9.17) is 5.73 Å². The minimum Gasteiger partial charge on any atom is -0.394 e. The van der Waals surface area contributed by atoms with Crippen LogP contribution in [-0.4, -0.2) is 46.9 Å². The summed E-state index contributed by atoms with van der Waals surface area (Å²) < 4.78 is 1.93. The van der Waals surface area contributed by atoms with Crippen LogP contribution < -0.4 is 10.6 Å². The number of aromatic nitrogens is 2. The maximum absolute atomic E-state index is 6.23.